The van der Waals surface area contributed by atoms with Crippen molar-refractivity contribution >= 4 is 99.0 Å². The Morgan fingerprint density at radius 3 is 1.18 bits per heavy atom. The molecule has 0 atom stereocenters. The van der Waals surface area contributed by atoms with Crippen LogP contribution >= 0.6 is 0 Å². The molecule has 12 aromatic carbocycles. The maximum absolute atomic E-state index is 2.45. The van der Waals surface area contributed by atoms with E-state index in [4.69, 9.17) is 0 Å². The second kappa shape index (κ2) is 16.0. The topological polar surface area (TPSA) is 11.4 Å². The monoisotopic (exact) mass is 853 g/mol. The highest BCUT2D eigenvalue weighted by Gasteiger charge is 2.21. The fourth-order valence-corrected chi connectivity index (χ4v) is 10.4. The molecular weight excluding hydrogens is 811 g/mol. The lowest BCUT2D eigenvalue weighted by molar-refractivity contribution is 1.18. The third-order valence-corrected chi connectivity index (χ3v) is 13.5. The van der Waals surface area contributed by atoms with Gasteiger partial charge in [-0.15, -0.1) is 0 Å². The van der Waals surface area contributed by atoms with Crippen LogP contribution in [0.5, 0.6) is 0 Å². The summed E-state index contributed by atoms with van der Waals surface area (Å²) in [5.41, 5.74) is 12.5. The Morgan fingerprint density at radius 1 is 0.239 bits per heavy atom. The Balaban J connectivity index is 0.937. The average Bonchev–Trinajstić information content (AvgIpc) is 3.73. The number of para-hydroxylation sites is 3. The largest absolute Gasteiger partial charge is 0.310 e. The highest BCUT2D eigenvalue weighted by Crippen LogP contribution is 2.46. The van der Waals surface area contributed by atoms with Crippen LogP contribution in [0.3, 0.4) is 0 Å². The van der Waals surface area contributed by atoms with E-state index in [1.165, 1.54) is 64.9 Å². The number of benzene rings is 12. The molecule has 0 N–H and O–H groups in total. The van der Waals surface area contributed by atoms with Crippen molar-refractivity contribution in [3.05, 3.63) is 261 Å². The van der Waals surface area contributed by atoms with Crippen LogP contribution in [-0.2, 0) is 0 Å². The van der Waals surface area contributed by atoms with Crippen LogP contribution in [0.2, 0.25) is 0 Å². The highest BCUT2D eigenvalue weighted by molar-refractivity contribution is 6.17. The Morgan fingerprint density at radius 2 is 0.627 bits per heavy atom. The summed E-state index contributed by atoms with van der Waals surface area (Å²) in [4.78, 5) is 4.84. The van der Waals surface area contributed by atoms with Gasteiger partial charge in [-0.1, -0.05) is 176 Å². The summed E-state index contributed by atoms with van der Waals surface area (Å²) in [5.74, 6) is 0. The first-order chi connectivity index (χ1) is 33.2. The number of hydrogen-bond donors (Lipinski definition) is 0. The second-order valence-corrected chi connectivity index (χ2v) is 17.3. The number of anilines is 6. The quantitative estimate of drug-likeness (QED) is 0.141. The Labute approximate surface area is 389 Å². The molecule has 0 fully saturated rings. The molecule has 0 spiro atoms. The van der Waals surface area contributed by atoms with Crippen LogP contribution in [0.1, 0.15) is 0 Å². The van der Waals surface area contributed by atoms with Crippen LogP contribution in [0.4, 0.5) is 34.1 Å². The van der Waals surface area contributed by atoms with Gasteiger partial charge in [0.15, 0.2) is 0 Å². The molecule has 0 aliphatic rings. The van der Waals surface area contributed by atoms with Gasteiger partial charge >= 0.3 is 0 Å². The van der Waals surface area contributed by atoms with Crippen molar-refractivity contribution in [3.63, 3.8) is 0 Å². The van der Waals surface area contributed by atoms with E-state index in [2.05, 4.69) is 275 Å². The second-order valence-electron chi connectivity index (χ2n) is 17.3. The molecule has 13 rings (SSSR count). The zero-order chi connectivity index (χ0) is 44.3. The first-order valence-corrected chi connectivity index (χ1v) is 23.0. The lowest BCUT2D eigenvalue weighted by Crippen LogP contribution is -2.11. The van der Waals surface area contributed by atoms with E-state index < -0.39 is 0 Å². The average molecular weight is 854 g/mol. The molecule has 0 radical (unpaired) electrons. The molecule has 314 valence electrons. The Kier molecular flexibility index (Phi) is 9.17. The third kappa shape index (κ3) is 6.51. The number of rotatable bonds is 8. The van der Waals surface area contributed by atoms with Crippen LogP contribution < -0.4 is 9.80 Å². The molecule has 0 unspecified atom stereocenters. The highest BCUT2D eigenvalue weighted by atomic mass is 15.2. The molecule has 0 aliphatic heterocycles. The van der Waals surface area contributed by atoms with E-state index in [1.807, 2.05) is 0 Å². The zero-order valence-electron chi connectivity index (χ0n) is 36.7. The van der Waals surface area contributed by atoms with E-state index in [0.717, 1.165) is 50.9 Å². The van der Waals surface area contributed by atoms with Crippen LogP contribution in [0.25, 0.3) is 81.7 Å². The maximum Gasteiger partial charge on any atom is 0.0546 e. The molecular formula is C64H43N3. The molecule has 67 heavy (non-hydrogen) atoms. The van der Waals surface area contributed by atoms with Crippen LogP contribution in [-0.4, -0.2) is 4.57 Å². The van der Waals surface area contributed by atoms with Gasteiger partial charge in [0.25, 0.3) is 0 Å². The van der Waals surface area contributed by atoms with Gasteiger partial charge in [-0.05, 0) is 128 Å². The summed E-state index contributed by atoms with van der Waals surface area (Å²) in [5, 5.41) is 12.3. The number of aromatic nitrogens is 1. The smallest absolute Gasteiger partial charge is 0.0546 e. The van der Waals surface area contributed by atoms with Gasteiger partial charge in [0.1, 0.15) is 0 Å². The SMILES string of the molecule is c1ccc(N(c2ccc(-c3ccc(N(c4ccc5c(c4)c4ccccc4n5-c4ccccc4)c4cc5ccccc5c5ccccc45)cc3)cc2)c2cc3ccccc3c3ccccc23)cc1. The molecule has 3 nitrogen and oxygen atoms in total. The van der Waals surface area contributed by atoms with Gasteiger partial charge < -0.3 is 14.4 Å². The lowest BCUT2D eigenvalue weighted by Gasteiger charge is -2.28. The van der Waals surface area contributed by atoms with Gasteiger partial charge in [-0.25, -0.2) is 0 Å². The predicted octanol–water partition coefficient (Wildman–Crippen LogP) is 18.0. The summed E-state index contributed by atoms with van der Waals surface area (Å²) in [7, 11) is 0. The van der Waals surface area contributed by atoms with Gasteiger partial charge in [0.05, 0.1) is 22.4 Å². The van der Waals surface area contributed by atoms with Crippen molar-refractivity contribution in [2.75, 3.05) is 9.80 Å². The molecule has 1 aromatic heterocycles. The van der Waals surface area contributed by atoms with Gasteiger partial charge in [-0.3, -0.25) is 0 Å². The number of nitrogens with zero attached hydrogens (tertiary/aromatic N) is 3. The molecule has 0 saturated heterocycles. The predicted molar refractivity (Wildman–Crippen MR) is 286 cm³/mol. The van der Waals surface area contributed by atoms with Crippen LogP contribution in [0, 0.1) is 0 Å². The van der Waals surface area contributed by atoms with Crippen molar-refractivity contribution in [2.24, 2.45) is 0 Å². The molecule has 1 heterocycles. The standard InChI is InChI=1S/C64H43N3/c1-3-19-48(20-4-1)65(63-41-46-17-7-9-23-53(46)55-25-11-13-27-57(55)63)50-35-31-44(32-36-50)45-33-37-51(38-34-45)66(64-42-47-18-8-10-24-54(47)56-26-12-14-28-58(56)64)52-39-40-62-60(43-52)59-29-15-16-30-61(59)67(62)49-21-5-2-6-22-49/h1-43H. The molecule has 3 heteroatoms. The van der Waals surface area contributed by atoms with Gasteiger partial charge in [0.2, 0.25) is 0 Å². The first kappa shape index (κ1) is 38.5. The zero-order valence-corrected chi connectivity index (χ0v) is 36.7. The molecule has 0 aliphatic carbocycles. The van der Waals surface area contributed by atoms with E-state index in [9.17, 15) is 0 Å². The molecule has 0 saturated carbocycles. The van der Waals surface area contributed by atoms with Crippen molar-refractivity contribution in [3.8, 4) is 16.8 Å². The van der Waals surface area contributed by atoms with Crippen LogP contribution in [0.15, 0.2) is 261 Å². The van der Waals surface area contributed by atoms with E-state index in [0.29, 0.717) is 0 Å². The van der Waals surface area contributed by atoms with Crippen molar-refractivity contribution in [2.45, 2.75) is 0 Å². The Hall–Kier alpha value is -8.92. The fraction of sp³-hybridized carbons (Fsp3) is 0. The molecule has 0 amide bonds. The lowest BCUT2D eigenvalue weighted by atomic mass is 9.98. The summed E-state index contributed by atoms with van der Waals surface area (Å²) < 4.78 is 2.38. The van der Waals surface area contributed by atoms with E-state index >= 15 is 0 Å². The molecule has 13 aromatic rings. The first-order valence-electron chi connectivity index (χ1n) is 23.0. The van der Waals surface area contributed by atoms with E-state index in [1.54, 1.807) is 0 Å². The summed E-state index contributed by atoms with van der Waals surface area (Å²) in [6, 6.07) is 95.0. The summed E-state index contributed by atoms with van der Waals surface area (Å²) in [6.45, 7) is 0. The summed E-state index contributed by atoms with van der Waals surface area (Å²) >= 11 is 0. The van der Waals surface area contributed by atoms with Crippen molar-refractivity contribution < 1.29 is 0 Å². The van der Waals surface area contributed by atoms with Crippen molar-refractivity contribution in [1.29, 1.82) is 0 Å². The summed E-state index contributed by atoms with van der Waals surface area (Å²) in [6.07, 6.45) is 0. The number of fused-ring (bicyclic) bond motifs is 9. The Bertz CT molecular complexity index is 3970. The van der Waals surface area contributed by atoms with E-state index in [-0.39, 0.29) is 0 Å². The molecule has 0 bridgehead atoms. The minimum absolute atomic E-state index is 1.09. The normalized spacial score (nSPS) is 11.6. The maximum atomic E-state index is 2.45. The van der Waals surface area contributed by atoms with Gasteiger partial charge in [-0.2, -0.15) is 0 Å². The van der Waals surface area contributed by atoms with Gasteiger partial charge in [0, 0.05) is 50.0 Å². The minimum Gasteiger partial charge on any atom is -0.310 e. The number of hydrogen-bond acceptors (Lipinski definition) is 2. The fourth-order valence-electron chi connectivity index (χ4n) is 10.4. The minimum atomic E-state index is 1.09. The third-order valence-electron chi connectivity index (χ3n) is 13.5. The van der Waals surface area contributed by atoms with Crippen molar-refractivity contribution in [1.82, 2.24) is 4.57 Å².